The summed E-state index contributed by atoms with van der Waals surface area (Å²) in [7, 11) is 0. The van der Waals surface area contributed by atoms with E-state index in [1.165, 1.54) is 38.8 Å². The molecule has 0 spiro atoms. The van der Waals surface area contributed by atoms with Crippen molar-refractivity contribution in [3.8, 4) is 5.75 Å². The Balaban J connectivity index is 1.55. The van der Waals surface area contributed by atoms with Crippen molar-refractivity contribution in [3.63, 3.8) is 0 Å². The van der Waals surface area contributed by atoms with Gasteiger partial charge < -0.3 is 9.84 Å². The van der Waals surface area contributed by atoms with Crippen LogP contribution in [-0.4, -0.2) is 17.7 Å². The van der Waals surface area contributed by atoms with Gasteiger partial charge in [0.15, 0.2) is 6.61 Å². The number of aliphatic carboxylic acids is 1. The van der Waals surface area contributed by atoms with Crippen LogP contribution in [0, 0.1) is 0 Å². The summed E-state index contributed by atoms with van der Waals surface area (Å²) in [5, 5.41) is 11.4. The molecule has 0 aliphatic heterocycles. The standard InChI is InChI=1S/C23H22O3S/c24-23(25)14-26-21-11-12-22(20-8-4-3-7-19(20)21)27-15-16-9-10-17-5-1-2-6-18(17)13-16/h1-2,5-6,9-13H,3-4,7-8,14-15H2,(H,24,25). The molecule has 0 fully saturated rings. The highest BCUT2D eigenvalue weighted by Gasteiger charge is 2.19. The van der Waals surface area contributed by atoms with Crippen LogP contribution in [0.2, 0.25) is 0 Å². The molecule has 138 valence electrons. The highest BCUT2D eigenvalue weighted by Crippen LogP contribution is 2.38. The molecule has 0 unspecified atom stereocenters. The summed E-state index contributed by atoms with van der Waals surface area (Å²) in [5.74, 6) is 0.726. The van der Waals surface area contributed by atoms with Crippen molar-refractivity contribution in [1.29, 1.82) is 0 Å². The number of carbonyl (C=O) groups is 1. The first-order chi connectivity index (χ1) is 13.2. The Kier molecular flexibility index (Phi) is 5.35. The van der Waals surface area contributed by atoms with Crippen molar-refractivity contribution in [2.75, 3.05) is 6.61 Å². The van der Waals surface area contributed by atoms with Crippen molar-refractivity contribution in [3.05, 3.63) is 71.3 Å². The molecular weight excluding hydrogens is 356 g/mol. The van der Waals surface area contributed by atoms with Gasteiger partial charge in [0.25, 0.3) is 0 Å². The normalized spacial score (nSPS) is 13.3. The van der Waals surface area contributed by atoms with Crippen LogP contribution < -0.4 is 4.74 Å². The third kappa shape index (κ3) is 4.11. The lowest BCUT2D eigenvalue weighted by Gasteiger charge is -2.22. The molecule has 4 heteroatoms. The van der Waals surface area contributed by atoms with Gasteiger partial charge >= 0.3 is 5.97 Å². The Labute approximate surface area is 163 Å². The van der Waals surface area contributed by atoms with Crippen molar-refractivity contribution >= 4 is 28.5 Å². The van der Waals surface area contributed by atoms with Crippen LogP contribution in [0.5, 0.6) is 5.75 Å². The molecule has 1 aliphatic carbocycles. The number of carboxylic acid groups (broad SMARTS) is 1. The number of ether oxygens (including phenoxy) is 1. The van der Waals surface area contributed by atoms with Crippen LogP contribution in [0.4, 0.5) is 0 Å². The van der Waals surface area contributed by atoms with Gasteiger partial charge in [0, 0.05) is 10.6 Å². The number of thioether (sulfide) groups is 1. The fraction of sp³-hybridized carbons (Fsp3) is 0.261. The summed E-state index contributed by atoms with van der Waals surface area (Å²) < 4.78 is 5.52. The van der Waals surface area contributed by atoms with Crippen molar-refractivity contribution in [2.45, 2.75) is 36.3 Å². The van der Waals surface area contributed by atoms with E-state index in [2.05, 4.69) is 48.5 Å². The summed E-state index contributed by atoms with van der Waals surface area (Å²) >= 11 is 1.86. The summed E-state index contributed by atoms with van der Waals surface area (Å²) in [5.41, 5.74) is 3.86. The van der Waals surface area contributed by atoms with Crippen LogP contribution >= 0.6 is 11.8 Å². The maximum atomic E-state index is 10.8. The van der Waals surface area contributed by atoms with Crippen LogP contribution in [-0.2, 0) is 23.4 Å². The lowest BCUT2D eigenvalue weighted by Crippen LogP contribution is -2.13. The van der Waals surface area contributed by atoms with Gasteiger partial charge in [-0.1, -0.05) is 42.5 Å². The SMILES string of the molecule is O=C(O)COc1ccc(SCc2ccc3ccccc3c2)c2c1CCCC2. The zero-order valence-electron chi connectivity index (χ0n) is 15.1. The van der Waals surface area contributed by atoms with E-state index in [1.807, 2.05) is 17.8 Å². The van der Waals surface area contributed by atoms with Crippen molar-refractivity contribution in [2.24, 2.45) is 0 Å². The quantitative estimate of drug-likeness (QED) is 0.578. The van der Waals surface area contributed by atoms with Crippen LogP contribution in [0.15, 0.2) is 59.5 Å². The number of hydrogen-bond acceptors (Lipinski definition) is 3. The van der Waals surface area contributed by atoms with Crippen molar-refractivity contribution < 1.29 is 14.6 Å². The van der Waals surface area contributed by atoms with Gasteiger partial charge in [-0.25, -0.2) is 4.79 Å². The zero-order valence-corrected chi connectivity index (χ0v) is 15.9. The highest BCUT2D eigenvalue weighted by atomic mass is 32.2. The van der Waals surface area contributed by atoms with E-state index in [1.54, 1.807) is 0 Å². The highest BCUT2D eigenvalue weighted by molar-refractivity contribution is 7.98. The van der Waals surface area contributed by atoms with Gasteiger partial charge in [-0.15, -0.1) is 11.8 Å². The van der Waals surface area contributed by atoms with Crippen LogP contribution in [0.1, 0.15) is 29.5 Å². The third-order valence-electron chi connectivity index (χ3n) is 5.01. The summed E-state index contributed by atoms with van der Waals surface area (Å²) in [4.78, 5) is 12.1. The Morgan fingerprint density at radius 3 is 2.56 bits per heavy atom. The molecule has 0 heterocycles. The summed E-state index contributed by atoms with van der Waals surface area (Å²) in [6, 6.07) is 19.1. The van der Waals surface area contributed by atoms with Crippen LogP contribution in [0.3, 0.4) is 0 Å². The fourth-order valence-corrected chi connectivity index (χ4v) is 4.77. The molecule has 1 aliphatic rings. The molecule has 0 aromatic heterocycles. The molecule has 1 N–H and O–H groups in total. The molecule has 0 amide bonds. The van der Waals surface area contributed by atoms with E-state index in [0.717, 1.165) is 30.8 Å². The minimum absolute atomic E-state index is 0.282. The number of carboxylic acids is 1. The van der Waals surface area contributed by atoms with Gasteiger partial charge in [0.2, 0.25) is 0 Å². The number of benzene rings is 3. The molecule has 0 saturated carbocycles. The summed E-state index contributed by atoms with van der Waals surface area (Å²) in [6.07, 6.45) is 4.32. The molecule has 4 rings (SSSR count). The lowest BCUT2D eigenvalue weighted by molar-refractivity contribution is -0.139. The fourth-order valence-electron chi connectivity index (χ4n) is 3.70. The first-order valence-corrected chi connectivity index (χ1v) is 10.3. The van der Waals surface area contributed by atoms with E-state index in [9.17, 15) is 4.79 Å². The topological polar surface area (TPSA) is 46.5 Å². The molecule has 0 atom stereocenters. The lowest BCUT2D eigenvalue weighted by atomic mass is 9.91. The Morgan fingerprint density at radius 2 is 1.74 bits per heavy atom. The van der Waals surface area contributed by atoms with Gasteiger partial charge in [-0.2, -0.15) is 0 Å². The zero-order chi connectivity index (χ0) is 18.6. The number of fused-ring (bicyclic) bond motifs is 2. The number of hydrogen-bond donors (Lipinski definition) is 1. The van der Waals surface area contributed by atoms with Gasteiger partial charge in [-0.3, -0.25) is 0 Å². The van der Waals surface area contributed by atoms with E-state index in [4.69, 9.17) is 9.84 Å². The molecule has 3 nitrogen and oxygen atoms in total. The second kappa shape index (κ2) is 8.05. The van der Waals surface area contributed by atoms with Gasteiger partial charge in [-0.05, 0) is 65.3 Å². The molecular formula is C23H22O3S. The largest absolute Gasteiger partial charge is 0.482 e. The van der Waals surface area contributed by atoms with Crippen LogP contribution in [0.25, 0.3) is 10.8 Å². The first kappa shape index (κ1) is 17.9. The minimum atomic E-state index is -0.936. The predicted molar refractivity (Wildman–Crippen MR) is 110 cm³/mol. The van der Waals surface area contributed by atoms with E-state index >= 15 is 0 Å². The van der Waals surface area contributed by atoms with Crippen molar-refractivity contribution in [1.82, 2.24) is 0 Å². The average molecular weight is 378 g/mol. The van der Waals surface area contributed by atoms with Gasteiger partial charge in [0.05, 0.1) is 0 Å². The van der Waals surface area contributed by atoms with E-state index in [0.29, 0.717) is 0 Å². The maximum Gasteiger partial charge on any atom is 0.341 e. The predicted octanol–water partition coefficient (Wildman–Crippen LogP) is 5.47. The molecule has 0 radical (unpaired) electrons. The summed E-state index contributed by atoms with van der Waals surface area (Å²) in [6.45, 7) is -0.282. The third-order valence-corrected chi connectivity index (χ3v) is 6.18. The minimum Gasteiger partial charge on any atom is -0.482 e. The monoisotopic (exact) mass is 378 g/mol. The number of rotatable bonds is 6. The van der Waals surface area contributed by atoms with Gasteiger partial charge in [0.1, 0.15) is 5.75 Å². The first-order valence-electron chi connectivity index (χ1n) is 9.30. The molecule has 3 aromatic rings. The Bertz CT molecular complexity index is 981. The van der Waals surface area contributed by atoms with E-state index in [-0.39, 0.29) is 6.61 Å². The average Bonchev–Trinajstić information content (AvgIpc) is 2.70. The maximum absolute atomic E-state index is 10.8. The van der Waals surface area contributed by atoms with E-state index < -0.39 is 5.97 Å². The molecule has 0 saturated heterocycles. The smallest absolute Gasteiger partial charge is 0.341 e. The second-order valence-corrected chi connectivity index (χ2v) is 7.90. The second-order valence-electron chi connectivity index (χ2n) is 6.88. The molecule has 3 aromatic carbocycles. The molecule has 27 heavy (non-hydrogen) atoms. The Hall–Kier alpha value is -2.46. The molecule has 0 bridgehead atoms. The Morgan fingerprint density at radius 1 is 0.963 bits per heavy atom.